The molecule has 1 amide bonds. The monoisotopic (exact) mass is 489 g/mol. The Bertz CT molecular complexity index is 1330. The molecule has 0 saturated heterocycles. The number of hydrogen-bond acceptors (Lipinski definition) is 6. The van der Waals surface area contributed by atoms with Gasteiger partial charge in [-0.3, -0.25) is 9.52 Å². The third kappa shape index (κ3) is 6.39. The zero-order valence-corrected chi connectivity index (χ0v) is 19.3. The number of nitrogens with one attached hydrogen (secondary N) is 3. The van der Waals surface area contributed by atoms with E-state index in [9.17, 15) is 21.6 Å². The van der Waals surface area contributed by atoms with Crippen LogP contribution in [0.4, 0.5) is 11.4 Å². The van der Waals surface area contributed by atoms with Gasteiger partial charge in [-0.2, -0.15) is 0 Å². The summed E-state index contributed by atoms with van der Waals surface area (Å²) in [5.41, 5.74) is 0.471. The molecule has 0 aliphatic heterocycles. The summed E-state index contributed by atoms with van der Waals surface area (Å²) in [6.45, 7) is 0.291. The van der Waals surface area contributed by atoms with Crippen molar-refractivity contribution in [3.63, 3.8) is 0 Å². The number of hydrogen-bond donors (Lipinski definition) is 3. The lowest BCUT2D eigenvalue weighted by atomic mass is 10.2. The van der Waals surface area contributed by atoms with Gasteiger partial charge in [0.05, 0.1) is 27.8 Å². The molecule has 0 saturated carbocycles. The molecule has 0 aliphatic carbocycles. The van der Waals surface area contributed by atoms with E-state index in [1.54, 1.807) is 30.3 Å². The summed E-state index contributed by atoms with van der Waals surface area (Å²) in [5.74, 6) is -0.602. The number of carbonyl (C=O) groups is 1. The zero-order chi connectivity index (χ0) is 23.9. The predicted octanol–water partition coefficient (Wildman–Crippen LogP) is 2.66. The number of amides is 1. The van der Waals surface area contributed by atoms with E-state index < -0.39 is 26.0 Å². The smallest absolute Gasteiger partial charge is 0.261 e. The highest BCUT2D eigenvalue weighted by Gasteiger charge is 2.19. The molecular weight excluding hydrogens is 466 g/mol. The first-order valence-electron chi connectivity index (χ1n) is 9.80. The fraction of sp³-hybridized carbons (Fsp3) is 0.136. The number of benzene rings is 3. The summed E-state index contributed by atoms with van der Waals surface area (Å²) in [6.07, 6.45) is 0. The van der Waals surface area contributed by atoms with Crippen LogP contribution in [0.3, 0.4) is 0 Å². The van der Waals surface area contributed by atoms with Crippen LogP contribution >= 0.6 is 0 Å². The fourth-order valence-electron chi connectivity index (χ4n) is 2.84. The first-order chi connectivity index (χ1) is 15.7. The second-order valence-corrected chi connectivity index (χ2v) is 10.3. The lowest BCUT2D eigenvalue weighted by Gasteiger charge is -2.14. The molecule has 0 bridgehead atoms. The number of anilines is 2. The van der Waals surface area contributed by atoms with Gasteiger partial charge in [0.2, 0.25) is 10.0 Å². The van der Waals surface area contributed by atoms with Gasteiger partial charge in [0.1, 0.15) is 0 Å². The number of methoxy groups -OCH3 is 1. The maximum atomic E-state index is 12.8. The van der Waals surface area contributed by atoms with E-state index in [2.05, 4.69) is 14.8 Å². The van der Waals surface area contributed by atoms with Crippen molar-refractivity contribution in [3.8, 4) is 0 Å². The maximum Gasteiger partial charge on any atom is 0.261 e. The summed E-state index contributed by atoms with van der Waals surface area (Å²) in [6, 6.07) is 19.6. The fourth-order valence-corrected chi connectivity index (χ4v) is 5.00. The summed E-state index contributed by atoms with van der Waals surface area (Å²) in [5, 5.41) is 2.63. The van der Waals surface area contributed by atoms with Crippen molar-refractivity contribution in [2.24, 2.45) is 0 Å². The highest BCUT2D eigenvalue weighted by Crippen LogP contribution is 2.25. The molecule has 3 rings (SSSR count). The summed E-state index contributed by atoms with van der Waals surface area (Å²) in [7, 11) is -6.24. The van der Waals surface area contributed by atoms with Crippen molar-refractivity contribution in [1.29, 1.82) is 0 Å². The Labute approximate surface area is 192 Å². The minimum atomic E-state index is -3.87. The van der Waals surface area contributed by atoms with Gasteiger partial charge in [0, 0.05) is 19.2 Å². The van der Waals surface area contributed by atoms with Gasteiger partial charge in [-0.1, -0.05) is 36.4 Å². The number of sulfonamides is 2. The minimum absolute atomic E-state index is 0.0741. The van der Waals surface area contributed by atoms with Crippen molar-refractivity contribution >= 4 is 37.3 Å². The highest BCUT2D eigenvalue weighted by atomic mass is 32.2. The van der Waals surface area contributed by atoms with Crippen LogP contribution in [0.1, 0.15) is 10.4 Å². The van der Waals surface area contributed by atoms with Crippen LogP contribution < -0.4 is 14.8 Å². The molecule has 0 fully saturated rings. The molecule has 174 valence electrons. The molecule has 3 aromatic carbocycles. The average Bonchev–Trinajstić information content (AvgIpc) is 2.81. The average molecular weight is 490 g/mol. The van der Waals surface area contributed by atoms with Gasteiger partial charge in [-0.15, -0.1) is 0 Å². The quantitative estimate of drug-likeness (QED) is 0.375. The highest BCUT2D eigenvalue weighted by molar-refractivity contribution is 7.92. The molecular formula is C22H23N3O6S2. The van der Waals surface area contributed by atoms with Crippen LogP contribution in [0, 0.1) is 0 Å². The minimum Gasteiger partial charge on any atom is -0.383 e. The maximum absolute atomic E-state index is 12.8. The molecule has 0 unspecified atom stereocenters. The molecule has 0 aliphatic rings. The first-order valence-corrected chi connectivity index (χ1v) is 12.8. The van der Waals surface area contributed by atoms with Crippen LogP contribution in [-0.4, -0.2) is 43.0 Å². The molecule has 3 aromatic rings. The third-order valence-electron chi connectivity index (χ3n) is 4.48. The van der Waals surface area contributed by atoms with Crippen molar-refractivity contribution < 1.29 is 26.4 Å². The van der Waals surface area contributed by atoms with E-state index in [1.165, 1.54) is 55.6 Å². The summed E-state index contributed by atoms with van der Waals surface area (Å²) in [4.78, 5) is 12.8. The third-order valence-corrected chi connectivity index (χ3v) is 7.32. The Hall–Kier alpha value is -3.25. The molecule has 0 atom stereocenters. The van der Waals surface area contributed by atoms with Gasteiger partial charge in [0.15, 0.2) is 0 Å². The van der Waals surface area contributed by atoms with Gasteiger partial charge in [-0.25, -0.2) is 21.6 Å². The van der Waals surface area contributed by atoms with Crippen molar-refractivity contribution in [1.82, 2.24) is 4.72 Å². The van der Waals surface area contributed by atoms with Crippen molar-refractivity contribution in [3.05, 3.63) is 84.4 Å². The van der Waals surface area contributed by atoms with E-state index >= 15 is 0 Å². The standard InChI is InChI=1S/C22H23N3O6S2/c1-31-15-14-23-32(27,28)19-11-7-8-17(16-19)22(26)24-20-12-5-6-13-21(20)25-33(29,30)18-9-3-2-4-10-18/h2-13,16,23,25H,14-15H2,1H3,(H,24,26). The lowest BCUT2D eigenvalue weighted by molar-refractivity contribution is 0.102. The number of ether oxygens (including phenoxy) is 1. The molecule has 9 nitrogen and oxygen atoms in total. The topological polar surface area (TPSA) is 131 Å². The molecule has 33 heavy (non-hydrogen) atoms. The summed E-state index contributed by atoms with van der Waals surface area (Å²) < 4.78 is 59.8. The van der Waals surface area contributed by atoms with Gasteiger partial charge < -0.3 is 10.1 Å². The van der Waals surface area contributed by atoms with Crippen LogP contribution in [-0.2, 0) is 24.8 Å². The Morgan fingerprint density at radius 1 is 0.788 bits per heavy atom. The van der Waals surface area contributed by atoms with E-state index in [-0.39, 0.29) is 39.9 Å². The van der Waals surface area contributed by atoms with E-state index in [4.69, 9.17) is 4.74 Å². The van der Waals surface area contributed by atoms with Gasteiger partial charge >= 0.3 is 0 Å². The van der Waals surface area contributed by atoms with E-state index in [0.717, 1.165) is 0 Å². The molecule has 3 N–H and O–H groups in total. The Kier molecular flexibility index (Phi) is 7.82. The normalized spacial score (nSPS) is 11.7. The van der Waals surface area contributed by atoms with Crippen molar-refractivity contribution in [2.75, 3.05) is 30.3 Å². The number of carbonyl (C=O) groups excluding carboxylic acids is 1. The number of para-hydroxylation sites is 2. The van der Waals surface area contributed by atoms with Crippen LogP contribution in [0.25, 0.3) is 0 Å². The van der Waals surface area contributed by atoms with Gasteiger partial charge in [0.25, 0.3) is 15.9 Å². The van der Waals surface area contributed by atoms with Gasteiger partial charge in [-0.05, 0) is 42.5 Å². The summed E-state index contributed by atoms with van der Waals surface area (Å²) >= 11 is 0. The molecule has 0 aromatic heterocycles. The SMILES string of the molecule is COCCNS(=O)(=O)c1cccc(C(=O)Nc2ccccc2NS(=O)(=O)c2ccccc2)c1. The van der Waals surface area contributed by atoms with Crippen molar-refractivity contribution in [2.45, 2.75) is 9.79 Å². The molecule has 0 spiro atoms. The molecule has 11 heteroatoms. The zero-order valence-electron chi connectivity index (χ0n) is 17.7. The number of rotatable bonds is 10. The van der Waals surface area contributed by atoms with E-state index in [0.29, 0.717) is 0 Å². The van der Waals surface area contributed by atoms with E-state index in [1.807, 2.05) is 0 Å². The Balaban J connectivity index is 1.81. The Morgan fingerprint density at radius 2 is 1.42 bits per heavy atom. The second kappa shape index (κ2) is 10.6. The molecule has 0 radical (unpaired) electrons. The Morgan fingerprint density at radius 3 is 2.12 bits per heavy atom. The second-order valence-electron chi connectivity index (χ2n) is 6.84. The predicted molar refractivity (Wildman–Crippen MR) is 125 cm³/mol. The van der Waals surface area contributed by atoms with Crippen LogP contribution in [0.15, 0.2) is 88.7 Å². The van der Waals surface area contributed by atoms with Crippen LogP contribution in [0.2, 0.25) is 0 Å². The lowest BCUT2D eigenvalue weighted by Crippen LogP contribution is -2.27. The first kappa shape index (κ1) is 24.4. The molecule has 0 heterocycles. The largest absolute Gasteiger partial charge is 0.383 e. The van der Waals surface area contributed by atoms with Crippen LogP contribution in [0.5, 0.6) is 0 Å².